The van der Waals surface area contributed by atoms with Crippen molar-refractivity contribution in [3.63, 3.8) is 0 Å². The average Bonchev–Trinajstić information content (AvgIpc) is 2.91. The largest absolute Gasteiger partial charge is 0.355 e. The Labute approximate surface area is 113 Å². The van der Waals surface area contributed by atoms with Crippen LogP contribution in [0.25, 0.3) is 0 Å². The Morgan fingerprint density at radius 2 is 2.32 bits per heavy atom. The smallest absolute Gasteiger partial charge is 0.221 e. The van der Waals surface area contributed by atoms with Crippen molar-refractivity contribution in [1.82, 2.24) is 30.4 Å². The van der Waals surface area contributed by atoms with Crippen LogP contribution in [0, 0.1) is 12.3 Å². The molecule has 19 heavy (non-hydrogen) atoms. The minimum absolute atomic E-state index is 0.0608. The average molecular weight is 266 g/mol. The van der Waals surface area contributed by atoms with E-state index in [1.165, 1.54) is 0 Å². The Kier molecular flexibility index (Phi) is 4.14. The van der Waals surface area contributed by atoms with Gasteiger partial charge in [-0.25, -0.2) is 4.68 Å². The van der Waals surface area contributed by atoms with E-state index in [1.807, 2.05) is 6.92 Å². The number of rotatable bonds is 5. The van der Waals surface area contributed by atoms with Gasteiger partial charge in [0, 0.05) is 19.5 Å². The van der Waals surface area contributed by atoms with Gasteiger partial charge in [0.25, 0.3) is 0 Å². The summed E-state index contributed by atoms with van der Waals surface area (Å²) in [5.41, 5.74) is 0.204. The third-order valence-corrected chi connectivity index (χ3v) is 3.72. The maximum atomic E-state index is 11.8. The third kappa shape index (κ3) is 3.73. The molecule has 1 aromatic rings. The van der Waals surface area contributed by atoms with Crippen LogP contribution in [0.1, 0.15) is 25.6 Å². The van der Waals surface area contributed by atoms with E-state index in [4.69, 9.17) is 0 Å². The van der Waals surface area contributed by atoms with E-state index in [1.54, 1.807) is 4.68 Å². The molecular formula is C12H22N6O. The zero-order chi connectivity index (χ0) is 13.9. The number of hydrogen-bond donors (Lipinski definition) is 1. The fraction of sp³-hybridized carbons (Fsp3) is 0.833. The van der Waals surface area contributed by atoms with Gasteiger partial charge in [0.15, 0.2) is 0 Å². The van der Waals surface area contributed by atoms with Gasteiger partial charge in [0.05, 0.1) is 6.54 Å². The summed E-state index contributed by atoms with van der Waals surface area (Å²) in [6.45, 7) is 7.47. The molecule has 1 fully saturated rings. The van der Waals surface area contributed by atoms with Crippen molar-refractivity contribution in [3.8, 4) is 0 Å². The number of likely N-dealkylation sites (tertiary alicyclic amines) is 1. The molecular weight excluding hydrogens is 244 g/mol. The number of amides is 1. The zero-order valence-corrected chi connectivity index (χ0v) is 11.9. The summed E-state index contributed by atoms with van der Waals surface area (Å²) < 4.78 is 1.64. The minimum Gasteiger partial charge on any atom is -0.355 e. The molecule has 0 saturated carbocycles. The fourth-order valence-electron chi connectivity index (χ4n) is 2.48. The lowest BCUT2D eigenvalue weighted by atomic mass is 9.90. The van der Waals surface area contributed by atoms with Crippen LogP contribution in [0.3, 0.4) is 0 Å². The molecule has 1 aliphatic rings. The minimum atomic E-state index is 0.0608. The summed E-state index contributed by atoms with van der Waals surface area (Å²) in [6, 6.07) is 0. The van der Waals surface area contributed by atoms with Gasteiger partial charge in [-0.05, 0) is 42.8 Å². The van der Waals surface area contributed by atoms with Crippen molar-refractivity contribution in [1.29, 1.82) is 0 Å². The fourth-order valence-corrected chi connectivity index (χ4v) is 2.48. The van der Waals surface area contributed by atoms with Crippen molar-refractivity contribution < 1.29 is 4.79 Å². The molecule has 1 unspecified atom stereocenters. The number of hydrogen-bond acceptors (Lipinski definition) is 5. The van der Waals surface area contributed by atoms with E-state index in [0.717, 1.165) is 31.9 Å². The predicted molar refractivity (Wildman–Crippen MR) is 70.4 cm³/mol. The summed E-state index contributed by atoms with van der Waals surface area (Å²) >= 11 is 0. The van der Waals surface area contributed by atoms with Crippen LogP contribution >= 0.6 is 0 Å². The van der Waals surface area contributed by atoms with Crippen molar-refractivity contribution in [2.45, 2.75) is 33.2 Å². The van der Waals surface area contributed by atoms with E-state index in [9.17, 15) is 4.79 Å². The van der Waals surface area contributed by atoms with E-state index in [0.29, 0.717) is 13.0 Å². The first kappa shape index (κ1) is 13.9. The van der Waals surface area contributed by atoms with Crippen molar-refractivity contribution in [2.24, 2.45) is 5.41 Å². The number of carbonyl (C=O) groups is 1. The molecule has 1 atom stereocenters. The second-order valence-corrected chi connectivity index (χ2v) is 5.77. The van der Waals surface area contributed by atoms with Crippen LogP contribution in [-0.2, 0) is 11.3 Å². The lowest BCUT2D eigenvalue weighted by Crippen LogP contribution is -2.37. The SMILES string of the molecule is Cc1nnnn1CCC(=O)NCC1(C)CCN(C)C1. The summed E-state index contributed by atoms with van der Waals surface area (Å²) in [4.78, 5) is 14.1. The van der Waals surface area contributed by atoms with Gasteiger partial charge in [-0.15, -0.1) is 5.10 Å². The van der Waals surface area contributed by atoms with Gasteiger partial charge in [-0.2, -0.15) is 0 Å². The molecule has 7 heteroatoms. The second kappa shape index (κ2) is 5.64. The Morgan fingerprint density at radius 1 is 1.53 bits per heavy atom. The van der Waals surface area contributed by atoms with Gasteiger partial charge in [-0.1, -0.05) is 6.92 Å². The summed E-state index contributed by atoms with van der Waals surface area (Å²) in [7, 11) is 2.12. The summed E-state index contributed by atoms with van der Waals surface area (Å²) in [5, 5.41) is 14.2. The first-order valence-corrected chi connectivity index (χ1v) is 6.67. The van der Waals surface area contributed by atoms with Crippen LogP contribution in [0.15, 0.2) is 0 Å². The van der Waals surface area contributed by atoms with E-state index in [2.05, 4.69) is 39.7 Å². The highest BCUT2D eigenvalue weighted by atomic mass is 16.1. The molecule has 1 aliphatic heterocycles. The van der Waals surface area contributed by atoms with Gasteiger partial charge >= 0.3 is 0 Å². The number of nitrogens with zero attached hydrogens (tertiary/aromatic N) is 5. The number of aryl methyl sites for hydroxylation is 2. The molecule has 0 bridgehead atoms. The molecule has 1 amide bonds. The van der Waals surface area contributed by atoms with Crippen LogP contribution in [-0.4, -0.2) is 57.7 Å². The van der Waals surface area contributed by atoms with Gasteiger partial charge in [0.2, 0.25) is 5.91 Å². The van der Waals surface area contributed by atoms with Crippen LogP contribution < -0.4 is 5.32 Å². The summed E-state index contributed by atoms with van der Waals surface area (Å²) in [6.07, 6.45) is 1.55. The normalized spacial score (nSPS) is 23.7. The Hall–Kier alpha value is -1.50. The van der Waals surface area contributed by atoms with Crippen LogP contribution in [0.2, 0.25) is 0 Å². The summed E-state index contributed by atoms with van der Waals surface area (Å²) in [5.74, 6) is 0.794. The first-order valence-electron chi connectivity index (χ1n) is 6.67. The Morgan fingerprint density at radius 3 is 2.89 bits per heavy atom. The van der Waals surface area contributed by atoms with Gasteiger partial charge in [-0.3, -0.25) is 4.79 Å². The van der Waals surface area contributed by atoms with Crippen molar-refractivity contribution in [2.75, 3.05) is 26.7 Å². The molecule has 7 nitrogen and oxygen atoms in total. The number of tetrazole rings is 1. The van der Waals surface area contributed by atoms with Gasteiger partial charge in [0.1, 0.15) is 5.82 Å². The van der Waals surface area contributed by atoms with E-state index in [-0.39, 0.29) is 11.3 Å². The number of nitrogens with one attached hydrogen (secondary N) is 1. The lowest BCUT2D eigenvalue weighted by molar-refractivity contribution is -0.121. The highest BCUT2D eigenvalue weighted by molar-refractivity contribution is 5.75. The Bertz CT molecular complexity index is 445. The molecule has 2 rings (SSSR count). The zero-order valence-electron chi connectivity index (χ0n) is 11.9. The topological polar surface area (TPSA) is 75.9 Å². The molecule has 0 spiro atoms. The highest BCUT2D eigenvalue weighted by Crippen LogP contribution is 2.27. The van der Waals surface area contributed by atoms with Crippen LogP contribution in [0.4, 0.5) is 0 Å². The molecule has 1 N–H and O–H groups in total. The lowest BCUT2D eigenvalue weighted by Gasteiger charge is -2.24. The highest BCUT2D eigenvalue weighted by Gasteiger charge is 2.32. The van der Waals surface area contributed by atoms with E-state index < -0.39 is 0 Å². The number of aromatic nitrogens is 4. The van der Waals surface area contributed by atoms with Gasteiger partial charge < -0.3 is 10.2 Å². The molecule has 1 saturated heterocycles. The molecule has 106 valence electrons. The van der Waals surface area contributed by atoms with Crippen molar-refractivity contribution >= 4 is 5.91 Å². The first-order chi connectivity index (χ1) is 8.98. The Balaban J connectivity index is 1.72. The molecule has 0 aliphatic carbocycles. The standard InChI is InChI=1S/C12H22N6O/c1-10-14-15-16-18(10)6-4-11(19)13-8-12(2)5-7-17(3)9-12/h4-9H2,1-3H3,(H,13,19). The maximum absolute atomic E-state index is 11.8. The maximum Gasteiger partial charge on any atom is 0.221 e. The molecule has 0 aromatic carbocycles. The molecule has 1 aromatic heterocycles. The predicted octanol–water partition coefficient (Wildman–Crippen LogP) is -0.170. The second-order valence-electron chi connectivity index (χ2n) is 5.77. The molecule has 0 radical (unpaired) electrons. The van der Waals surface area contributed by atoms with Crippen molar-refractivity contribution in [3.05, 3.63) is 5.82 Å². The third-order valence-electron chi connectivity index (χ3n) is 3.72. The number of carbonyl (C=O) groups excluding carboxylic acids is 1. The van der Waals surface area contributed by atoms with Crippen LogP contribution in [0.5, 0.6) is 0 Å². The quantitative estimate of drug-likeness (QED) is 0.801. The molecule has 2 heterocycles. The van der Waals surface area contributed by atoms with E-state index >= 15 is 0 Å². The monoisotopic (exact) mass is 266 g/mol.